The molecule has 0 fully saturated rings. The van der Waals surface area contributed by atoms with Gasteiger partial charge in [0, 0.05) is 23.2 Å². The number of benzene rings is 2. The van der Waals surface area contributed by atoms with Crippen LogP contribution in [0.2, 0.25) is 0 Å². The van der Waals surface area contributed by atoms with Gasteiger partial charge in [-0.15, -0.1) is 5.10 Å². The molecular weight excluding hydrogens is 286 g/mol. The standard InChI is InChI=1S/C19H11N3O/c1-2-5-13-11-20-15(10-12(13)4-1)14-6-3-7-16-18(14)19-17(23-16)8-9-21-22-19/h1-11H. The zero-order valence-electron chi connectivity index (χ0n) is 12.1. The normalized spacial score (nSPS) is 11.5. The Morgan fingerprint density at radius 2 is 1.74 bits per heavy atom. The molecule has 0 radical (unpaired) electrons. The summed E-state index contributed by atoms with van der Waals surface area (Å²) >= 11 is 0. The summed E-state index contributed by atoms with van der Waals surface area (Å²) in [6.07, 6.45) is 3.54. The third-order valence-corrected chi connectivity index (χ3v) is 4.07. The number of aromatic nitrogens is 3. The first-order valence-corrected chi connectivity index (χ1v) is 7.38. The van der Waals surface area contributed by atoms with E-state index in [2.05, 4.69) is 33.4 Å². The van der Waals surface area contributed by atoms with Gasteiger partial charge in [0.15, 0.2) is 5.58 Å². The number of nitrogens with zero attached hydrogens (tertiary/aromatic N) is 3. The van der Waals surface area contributed by atoms with Crippen molar-refractivity contribution in [1.82, 2.24) is 15.2 Å². The summed E-state index contributed by atoms with van der Waals surface area (Å²) in [5.74, 6) is 0. The average Bonchev–Trinajstić information content (AvgIpc) is 3.00. The van der Waals surface area contributed by atoms with Crippen LogP contribution < -0.4 is 0 Å². The summed E-state index contributed by atoms with van der Waals surface area (Å²) in [7, 11) is 0. The Bertz CT molecular complexity index is 1180. The van der Waals surface area contributed by atoms with Crippen molar-refractivity contribution in [3.05, 3.63) is 67.0 Å². The molecule has 0 saturated carbocycles. The van der Waals surface area contributed by atoms with Crippen molar-refractivity contribution in [1.29, 1.82) is 0 Å². The maximum Gasteiger partial charge on any atom is 0.157 e. The molecule has 23 heavy (non-hydrogen) atoms. The third-order valence-electron chi connectivity index (χ3n) is 4.07. The highest BCUT2D eigenvalue weighted by atomic mass is 16.3. The fourth-order valence-corrected chi connectivity index (χ4v) is 3.00. The van der Waals surface area contributed by atoms with Gasteiger partial charge in [0.2, 0.25) is 0 Å². The van der Waals surface area contributed by atoms with Crippen LogP contribution in [0.1, 0.15) is 0 Å². The fourth-order valence-electron chi connectivity index (χ4n) is 3.00. The van der Waals surface area contributed by atoms with Crippen LogP contribution in [0.4, 0.5) is 0 Å². The highest BCUT2D eigenvalue weighted by Gasteiger charge is 2.14. The molecule has 0 atom stereocenters. The van der Waals surface area contributed by atoms with Crippen LogP contribution in [-0.4, -0.2) is 15.2 Å². The first-order chi connectivity index (χ1) is 11.4. The predicted molar refractivity (Wildman–Crippen MR) is 90.0 cm³/mol. The van der Waals surface area contributed by atoms with Gasteiger partial charge in [-0.2, -0.15) is 5.10 Å². The lowest BCUT2D eigenvalue weighted by Gasteiger charge is -2.04. The maximum atomic E-state index is 5.87. The monoisotopic (exact) mass is 297 g/mol. The van der Waals surface area contributed by atoms with Crippen molar-refractivity contribution in [2.24, 2.45) is 0 Å². The Kier molecular flexibility index (Phi) is 2.46. The number of furan rings is 1. The molecule has 0 aliphatic rings. The van der Waals surface area contributed by atoms with Crippen LogP contribution in [-0.2, 0) is 0 Å². The summed E-state index contributed by atoms with van der Waals surface area (Å²) in [5, 5.41) is 11.5. The van der Waals surface area contributed by atoms with E-state index < -0.39 is 0 Å². The minimum Gasteiger partial charge on any atom is -0.454 e. The van der Waals surface area contributed by atoms with Crippen LogP contribution in [0, 0.1) is 0 Å². The van der Waals surface area contributed by atoms with Crippen molar-refractivity contribution in [3.8, 4) is 11.3 Å². The number of rotatable bonds is 1. The van der Waals surface area contributed by atoms with Crippen molar-refractivity contribution in [3.63, 3.8) is 0 Å². The molecule has 0 aliphatic heterocycles. The van der Waals surface area contributed by atoms with Crippen molar-refractivity contribution < 1.29 is 4.42 Å². The molecule has 0 N–H and O–H groups in total. The Balaban J connectivity index is 1.87. The quantitative estimate of drug-likeness (QED) is 0.454. The van der Waals surface area contributed by atoms with E-state index in [-0.39, 0.29) is 0 Å². The lowest BCUT2D eigenvalue weighted by Crippen LogP contribution is -1.86. The summed E-state index contributed by atoms with van der Waals surface area (Å²) in [6.45, 7) is 0. The first kappa shape index (κ1) is 12.3. The van der Waals surface area contributed by atoms with Crippen molar-refractivity contribution in [2.75, 3.05) is 0 Å². The van der Waals surface area contributed by atoms with E-state index in [1.54, 1.807) is 6.20 Å². The van der Waals surface area contributed by atoms with Gasteiger partial charge in [-0.1, -0.05) is 36.4 Å². The zero-order chi connectivity index (χ0) is 15.2. The van der Waals surface area contributed by atoms with Crippen LogP contribution >= 0.6 is 0 Å². The minimum atomic E-state index is 0.739. The number of fused-ring (bicyclic) bond motifs is 4. The Morgan fingerprint density at radius 3 is 2.70 bits per heavy atom. The molecule has 3 aromatic heterocycles. The molecule has 0 unspecified atom stereocenters. The summed E-state index contributed by atoms with van der Waals surface area (Å²) in [6, 6.07) is 18.1. The van der Waals surface area contributed by atoms with Crippen LogP contribution in [0.5, 0.6) is 0 Å². The highest BCUT2D eigenvalue weighted by molar-refractivity contribution is 6.10. The van der Waals surface area contributed by atoms with E-state index in [9.17, 15) is 0 Å². The molecule has 4 heteroatoms. The number of hydrogen-bond donors (Lipinski definition) is 0. The van der Waals surface area contributed by atoms with E-state index in [0.29, 0.717) is 0 Å². The molecule has 0 spiro atoms. The number of pyridine rings is 1. The third kappa shape index (κ3) is 1.82. The van der Waals surface area contributed by atoms with Gasteiger partial charge in [0.25, 0.3) is 0 Å². The molecule has 5 aromatic rings. The molecule has 2 aromatic carbocycles. The second-order valence-electron chi connectivity index (χ2n) is 5.44. The topological polar surface area (TPSA) is 51.8 Å². The Morgan fingerprint density at radius 1 is 0.826 bits per heavy atom. The molecule has 0 bridgehead atoms. The van der Waals surface area contributed by atoms with Crippen molar-refractivity contribution >= 4 is 32.8 Å². The maximum absolute atomic E-state index is 5.87. The molecule has 0 amide bonds. The number of hydrogen-bond acceptors (Lipinski definition) is 4. The largest absolute Gasteiger partial charge is 0.454 e. The first-order valence-electron chi connectivity index (χ1n) is 7.38. The lowest BCUT2D eigenvalue weighted by molar-refractivity contribution is 0.667. The van der Waals surface area contributed by atoms with Gasteiger partial charge >= 0.3 is 0 Å². The SMILES string of the molecule is c1ccc2cc(-c3cccc4oc5ccnnc5c34)ncc2c1. The molecule has 0 saturated heterocycles. The second-order valence-corrected chi connectivity index (χ2v) is 5.44. The molecule has 108 valence electrons. The van der Waals surface area contributed by atoms with E-state index in [0.717, 1.165) is 44.1 Å². The van der Waals surface area contributed by atoms with E-state index in [1.165, 1.54) is 0 Å². The average molecular weight is 297 g/mol. The summed E-state index contributed by atoms with van der Waals surface area (Å²) in [5.41, 5.74) is 4.22. The fraction of sp³-hybridized carbons (Fsp3) is 0. The Labute approximate surface area is 131 Å². The van der Waals surface area contributed by atoms with Gasteiger partial charge in [-0.05, 0) is 17.5 Å². The minimum absolute atomic E-state index is 0.739. The van der Waals surface area contributed by atoms with E-state index in [1.807, 2.05) is 42.6 Å². The smallest absolute Gasteiger partial charge is 0.157 e. The summed E-state index contributed by atoms with van der Waals surface area (Å²) in [4.78, 5) is 4.62. The van der Waals surface area contributed by atoms with Crippen LogP contribution in [0.3, 0.4) is 0 Å². The molecule has 3 heterocycles. The van der Waals surface area contributed by atoms with Crippen LogP contribution in [0.25, 0.3) is 44.1 Å². The predicted octanol–water partition coefficient (Wildman–Crippen LogP) is 4.59. The van der Waals surface area contributed by atoms with Gasteiger partial charge in [0.1, 0.15) is 11.1 Å². The van der Waals surface area contributed by atoms with Gasteiger partial charge in [0.05, 0.1) is 17.3 Å². The summed E-state index contributed by atoms with van der Waals surface area (Å²) < 4.78 is 5.87. The van der Waals surface area contributed by atoms with Crippen molar-refractivity contribution in [2.45, 2.75) is 0 Å². The zero-order valence-corrected chi connectivity index (χ0v) is 12.1. The lowest BCUT2D eigenvalue weighted by atomic mass is 10.0. The Hall–Kier alpha value is -3.27. The van der Waals surface area contributed by atoms with E-state index >= 15 is 0 Å². The molecule has 4 nitrogen and oxygen atoms in total. The van der Waals surface area contributed by atoms with Gasteiger partial charge in [-0.25, -0.2) is 0 Å². The highest BCUT2D eigenvalue weighted by Crippen LogP contribution is 2.35. The molecular formula is C19H11N3O. The van der Waals surface area contributed by atoms with E-state index in [4.69, 9.17) is 4.42 Å². The molecule has 5 rings (SSSR count). The van der Waals surface area contributed by atoms with Crippen LogP contribution in [0.15, 0.2) is 71.4 Å². The van der Waals surface area contributed by atoms with Gasteiger partial charge in [-0.3, -0.25) is 4.98 Å². The molecule has 0 aliphatic carbocycles. The van der Waals surface area contributed by atoms with Gasteiger partial charge < -0.3 is 4.42 Å². The second kappa shape index (κ2) is 4.61.